The van der Waals surface area contributed by atoms with Crippen molar-refractivity contribution in [1.29, 1.82) is 0 Å². The molecule has 0 aliphatic carbocycles. The molecule has 0 rings (SSSR count). The standard InChI is InChI=1S/Co.Cr.Na.Ni.W. The molecule has 0 amide bonds. The van der Waals surface area contributed by atoms with Gasteiger partial charge in [-0.25, -0.2) is 0 Å². The predicted octanol–water partition coefficient (Wildman–Crippen LogP) is -0.391. The van der Waals surface area contributed by atoms with E-state index >= 15 is 0 Å². The van der Waals surface area contributed by atoms with Gasteiger partial charge in [0.1, 0.15) is 0 Å². The first-order valence-electron chi connectivity index (χ1n) is 0. The third kappa shape index (κ3) is 19.0. The normalized spacial score (nSPS) is 0. The van der Waals surface area contributed by atoms with Crippen LogP contribution >= 0.6 is 0 Å². The van der Waals surface area contributed by atoms with E-state index in [9.17, 15) is 0 Å². The molecule has 0 saturated heterocycles. The average molecular weight is 376 g/mol. The summed E-state index contributed by atoms with van der Waals surface area (Å²) in [6, 6.07) is 0. The van der Waals surface area contributed by atoms with Crippen LogP contribution in [0.5, 0.6) is 0 Å². The van der Waals surface area contributed by atoms with Crippen LogP contribution in [-0.2, 0) is 71.7 Å². The monoisotopic (exact) mass is 376 g/mol. The molecule has 0 N–H and O–H groups in total. The van der Waals surface area contributed by atoms with Crippen molar-refractivity contribution in [2.45, 2.75) is 0 Å². The molecule has 5 heteroatoms. The van der Waals surface area contributed by atoms with Crippen molar-refractivity contribution >= 4 is 29.6 Å². The van der Waals surface area contributed by atoms with Gasteiger partial charge in [0.25, 0.3) is 0 Å². The maximum atomic E-state index is 0. The molecule has 0 fully saturated rings. The molecule has 0 aromatic heterocycles. The summed E-state index contributed by atoms with van der Waals surface area (Å²) in [5.74, 6) is 0. The molecular formula is CoCrNaNiW. The average Bonchev–Trinajstić information content (AvgIpc) is 0. The third-order valence-corrected chi connectivity index (χ3v) is 0. The molecule has 0 aromatic carbocycles. The first-order valence-corrected chi connectivity index (χ1v) is 0. The molecule has 0 aliphatic rings. The Hall–Kier alpha value is 3.22. The van der Waals surface area contributed by atoms with E-state index in [1.54, 1.807) is 0 Å². The van der Waals surface area contributed by atoms with Gasteiger partial charge < -0.3 is 0 Å². The largest absolute Gasteiger partial charge is 0 e. The Kier molecular flexibility index (Phi) is 223. The zero-order valence-corrected chi connectivity index (χ0v) is 10.7. The van der Waals surface area contributed by atoms with E-state index in [0.29, 0.717) is 0 Å². The Bertz CT molecular complexity index is 11.6. The second kappa shape index (κ2) is 26.9. The number of hydrogen-bond donors (Lipinski definition) is 0. The molecule has 32 valence electrons. The van der Waals surface area contributed by atoms with Crippen LogP contribution < -0.4 is 0 Å². The summed E-state index contributed by atoms with van der Waals surface area (Å²) in [7, 11) is 0. The van der Waals surface area contributed by atoms with E-state index in [1.165, 1.54) is 0 Å². The van der Waals surface area contributed by atoms with Crippen LogP contribution in [0.1, 0.15) is 0 Å². The summed E-state index contributed by atoms with van der Waals surface area (Å²) in [6.45, 7) is 0. The molecule has 0 aliphatic heterocycles. The number of hydrogen-bond acceptors (Lipinski definition) is 0. The maximum absolute atomic E-state index is 0. The van der Waals surface area contributed by atoms with E-state index < -0.39 is 0 Å². The summed E-state index contributed by atoms with van der Waals surface area (Å²) in [5.41, 5.74) is 0. The summed E-state index contributed by atoms with van der Waals surface area (Å²) in [5, 5.41) is 0. The van der Waals surface area contributed by atoms with Crippen LogP contribution in [0.15, 0.2) is 0 Å². The Morgan fingerprint density at radius 2 is 1.00 bits per heavy atom. The maximum Gasteiger partial charge on any atom is 0 e. The van der Waals surface area contributed by atoms with Gasteiger partial charge in [-0.3, -0.25) is 0 Å². The van der Waals surface area contributed by atoms with Crippen molar-refractivity contribution in [3.05, 3.63) is 0 Å². The Morgan fingerprint density at radius 3 is 1.00 bits per heavy atom. The molecule has 5 heavy (non-hydrogen) atoms. The van der Waals surface area contributed by atoms with E-state index in [1.807, 2.05) is 0 Å². The molecule has 0 unspecified atom stereocenters. The van der Waals surface area contributed by atoms with Gasteiger partial charge >= 0.3 is 0 Å². The number of rotatable bonds is 0. The molecule has 0 nitrogen and oxygen atoms in total. The quantitative estimate of drug-likeness (QED) is 0.505. The fourth-order valence-electron chi connectivity index (χ4n) is 0. The molecule has 0 spiro atoms. The SMILES string of the molecule is [Co].[Cr].[Na].[Ni].[W]. The van der Waals surface area contributed by atoms with Gasteiger partial charge in [-0.05, 0) is 0 Å². The van der Waals surface area contributed by atoms with Crippen molar-refractivity contribution in [2.24, 2.45) is 0 Å². The molecule has 0 aromatic rings. The van der Waals surface area contributed by atoms with Gasteiger partial charge in [-0.1, -0.05) is 0 Å². The Morgan fingerprint density at radius 1 is 1.00 bits per heavy atom. The first-order chi connectivity index (χ1) is 0. The van der Waals surface area contributed by atoms with E-state index in [4.69, 9.17) is 0 Å². The second-order valence-corrected chi connectivity index (χ2v) is 0. The van der Waals surface area contributed by atoms with Crippen molar-refractivity contribution in [3.8, 4) is 0 Å². The van der Waals surface area contributed by atoms with Gasteiger partial charge in [0.05, 0.1) is 0 Å². The summed E-state index contributed by atoms with van der Waals surface area (Å²) < 4.78 is 0. The zero-order chi connectivity index (χ0) is 0. The first kappa shape index (κ1) is 41.3. The predicted molar refractivity (Wildman–Crippen MR) is 5.75 cm³/mol. The van der Waals surface area contributed by atoms with Crippen molar-refractivity contribution < 1.29 is 71.7 Å². The summed E-state index contributed by atoms with van der Waals surface area (Å²) in [4.78, 5) is 0. The third-order valence-electron chi connectivity index (χ3n) is 0. The molecule has 0 atom stereocenters. The van der Waals surface area contributed by atoms with Gasteiger partial charge in [-0.2, -0.15) is 0 Å². The Labute approximate surface area is 99.4 Å². The van der Waals surface area contributed by atoms with E-state index in [0.717, 1.165) is 0 Å². The Balaban J connectivity index is 0. The summed E-state index contributed by atoms with van der Waals surface area (Å²) in [6.07, 6.45) is 0. The minimum absolute atomic E-state index is 0. The topological polar surface area (TPSA) is 0 Å². The molecular weight excluding hydrogens is 376 g/mol. The molecule has 2 radical (unpaired) electrons. The van der Waals surface area contributed by atoms with E-state index in [-0.39, 0.29) is 101 Å². The van der Waals surface area contributed by atoms with Crippen LogP contribution in [0.25, 0.3) is 0 Å². The van der Waals surface area contributed by atoms with Crippen LogP contribution in [0.4, 0.5) is 0 Å². The van der Waals surface area contributed by atoms with Gasteiger partial charge in [-0.15, -0.1) is 0 Å². The molecule has 0 saturated carbocycles. The zero-order valence-electron chi connectivity index (χ0n) is 2.47. The van der Waals surface area contributed by atoms with Crippen LogP contribution in [0.2, 0.25) is 0 Å². The van der Waals surface area contributed by atoms with Gasteiger partial charge in [0.2, 0.25) is 0 Å². The van der Waals surface area contributed by atoms with Gasteiger partial charge in [0.15, 0.2) is 0 Å². The minimum atomic E-state index is 0. The van der Waals surface area contributed by atoms with Crippen LogP contribution in [0, 0.1) is 0 Å². The van der Waals surface area contributed by atoms with Crippen LogP contribution in [0.3, 0.4) is 0 Å². The summed E-state index contributed by atoms with van der Waals surface area (Å²) >= 11 is 0. The van der Waals surface area contributed by atoms with Crippen molar-refractivity contribution in [3.63, 3.8) is 0 Å². The second-order valence-electron chi connectivity index (χ2n) is 0. The fourth-order valence-corrected chi connectivity index (χ4v) is 0. The molecule has 0 heterocycles. The molecule has 0 bridgehead atoms. The van der Waals surface area contributed by atoms with Crippen LogP contribution in [-0.4, -0.2) is 29.6 Å². The van der Waals surface area contributed by atoms with Crippen molar-refractivity contribution in [1.82, 2.24) is 0 Å². The minimum Gasteiger partial charge on any atom is 0 e. The van der Waals surface area contributed by atoms with Gasteiger partial charge in [0, 0.05) is 101 Å². The van der Waals surface area contributed by atoms with Crippen molar-refractivity contribution in [2.75, 3.05) is 0 Å². The fraction of sp³-hybridized carbons (Fsp3) is 0. The van der Waals surface area contributed by atoms with E-state index in [2.05, 4.69) is 0 Å². The smallest absolute Gasteiger partial charge is 0 e.